The summed E-state index contributed by atoms with van der Waals surface area (Å²) < 4.78 is 27.5. The zero-order valence-electron chi connectivity index (χ0n) is 16.1. The lowest BCUT2D eigenvalue weighted by atomic mass is 9.68. The first-order valence-corrected chi connectivity index (χ1v) is 11.8. The molecule has 26 heavy (non-hydrogen) atoms. The van der Waals surface area contributed by atoms with Crippen molar-refractivity contribution in [3.63, 3.8) is 0 Å². The van der Waals surface area contributed by atoms with Crippen LogP contribution in [-0.4, -0.2) is 0 Å². The van der Waals surface area contributed by atoms with E-state index in [2.05, 4.69) is 6.92 Å². The SMILES string of the molecule is CCCC1CCC(C2CCC(CCc3cc(F)c(I)c(F)c3)CC2)CC1. The first-order valence-electron chi connectivity index (χ1n) is 10.7. The quantitative estimate of drug-likeness (QED) is 0.290. The summed E-state index contributed by atoms with van der Waals surface area (Å²) >= 11 is 1.74. The zero-order valence-corrected chi connectivity index (χ0v) is 18.2. The highest BCUT2D eigenvalue weighted by atomic mass is 127. The van der Waals surface area contributed by atoms with E-state index in [0.717, 1.165) is 42.1 Å². The maximum absolute atomic E-state index is 13.7. The summed E-state index contributed by atoms with van der Waals surface area (Å²) in [6.07, 6.45) is 15.9. The Bertz CT molecular complexity index is 547. The average molecular weight is 474 g/mol. The summed E-state index contributed by atoms with van der Waals surface area (Å²) in [6.45, 7) is 2.31. The zero-order chi connectivity index (χ0) is 18.5. The van der Waals surface area contributed by atoms with E-state index in [4.69, 9.17) is 0 Å². The van der Waals surface area contributed by atoms with E-state index < -0.39 is 11.6 Å². The molecule has 0 N–H and O–H groups in total. The summed E-state index contributed by atoms with van der Waals surface area (Å²) in [4.78, 5) is 0. The van der Waals surface area contributed by atoms with Crippen LogP contribution in [0.2, 0.25) is 0 Å². The van der Waals surface area contributed by atoms with Gasteiger partial charge >= 0.3 is 0 Å². The van der Waals surface area contributed by atoms with E-state index in [9.17, 15) is 8.78 Å². The van der Waals surface area contributed by atoms with Crippen LogP contribution in [0.15, 0.2) is 12.1 Å². The van der Waals surface area contributed by atoms with Crippen LogP contribution in [0.4, 0.5) is 8.78 Å². The Kier molecular flexibility index (Phi) is 7.77. The molecule has 0 saturated heterocycles. The van der Waals surface area contributed by atoms with Crippen LogP contribution >= 0.6 is 22.6 Å². The van der Waals surface area contributed by atoms with Crippen molar-refractivity contribution in [3.8, 4) is 0 Å². The molecule has 2 saturated carbocycles. The van der Waals surface area contributed by atoms with Gasteiger partial charge in [0.2, 0.25) is 0 Å². The lowest BCUT2D eigenvalue weighted by Crippen LogP contribution is -2.26. The van der Waals surface area contributed by atoms with Gasteiger partial charge in [-0.25, -0.2) is 8.78 Å². The second-order valence-corrected chi connectivity index (χ2v) is 9.84. The van der Waals surface area contributed by atoms with E-state index >= 15 is 0 Å². The lowest BCUT2D eigenvalue weighted by Gasteiger charge is -2.38. The molecule has 0 radical (unpaired) electrons. The molecular weight excluding hydrogens is 441 g/mol. The molecular formula is C23H33F2I. The maximum atomic E-state index is 13.7. The molecule has 1 aromatic carbocycles. The van der Waals surface area contributed by atoms with E-state index in [-0.39, 0.29) is 3.57 Å². The normalized spacial score (nSPS) is 29.7. The Labute approximate surface area is 171 Å². The largest absolute Gasteiger partial charge is 0.206 e. The van der Waals surface area contributed by atoms with Crippen molar-refractivity contribution in [2.24, 2.45) is 23.7 Å². The molecule has 0 heterocycles. The van der Waals surface area contributed by atoms with E-state index in [0.29, 0.717) is 0 Å². The molecule has 0 bridgehead atoms. The minimum absolute atomic E-state index is 0.112. The number of halogens is 3. The fourth-order valence-electron chi connectivity index (χ4n) is 5.43. The van der Waals surface area contributed by atoms with Gasteiger partial charge in [0.05, 0.1) is 3.57 Å². The van der Waals surface area contributed by atoms with Crippen LogP contribution < -0.4 is 0 Å². The van der Waals surface area contributed by atoms with Crippen molar-refractivity contribution in [2.45, 2.75) is 84.0 Å². The van der Waals surface area contributed by atoms with Gasteiger partial charge in [0, 0.05) is 0 Å². The molecule has 2 fully saturated rings. The fraction of sp³-hybridized carbons (Fsp3) is 0.739. The average Bonchev–Trinajstić information content (AvgIpc) is 2.66. The Morgan fingerprint density at radius 1 is 0.808 bits per heavy atom. The number of hydrogen-bond donors (Lipinski definition) is 0. The van der Waals surface area contributed by atoms with Gasteiger partial charge in [-0.2, -0.15) is 0 Å². The maximum Gasteiger partial charge on any atom is 0.139 e. The van der Waals surface area contributed by atoms with Crippen LogP contribution in [0.5, 0.6) is 0 Å². The molecule has 2 aliphatic rings. The van der Waals surface area contributed by atoms with Crippen molar-refractivity contribution in [1.29, 1.82) is 0 Å². The molecule has 3 rings (SSSR count). The summed E-state index contributed by atoms with van der Waals surface area (Å²) in [5, 5.41) is 0. The molecule has 0 amide bonds. The van der Waals surface area contributed by atoms with Crippen LogP contribution in [0, 0.1) is 38.9 Å². The summed E-state index contributed by atoms with van der Waals surface area (Å²) in [6, 6.07) is 3.04. The van der Waals surface area contributed by atoms with Crippen molar-refractivity contribution in [2.75, 3.05) is 0 Å². The number of rotatable bonds is 6. The van der Waals surface area contributed by atoms with E-state index in [1.165, 1.54) is 76.3 Å². The predicted octanol–water partition coefficient (Wildman–Crippen LogP) is 7.91. The summed E-state index contributed by atoms with van der Waals surface area (Å²) in [5.41, 5.74) is 0.816. The molecule has 0 unspecified atom stereocenters. The minimum atomic E-state index is -0.414. The van der Waals surface area contributed by atoms with E-state index in [1.54, 1.807) is 22.6 Å². The van der Waals surface area contributed by atoms with Gasteiger partial charge in [-0.15, -0.1) is 0 Å². The van der Waals surface area contributed by atoms with Gasteiger partial charge < -0.3 is 0 Å². The van der Waals surface area contributed by atoms with Crippen LogP contribution in [0.1, 0.15) is 83.1 Å². The first-order chi connectivity index (χ1) is 12.6. The van der Waals surface area contributed by atoms with Gasteiger partial charge in [-0.05, 0) is 102 Å². The predicted molar refractivity (Wildman–Crippen MR) is 113 cm³/mol. The molecule has 146 valence electrons. The Hall–Kier alpha value is -0.190. The Morgan fingerprint density at radius 3 is 1.73 bits per heavy atom. The molecule has 3 heteroatoms. The van der Waals surface area contributed by atoms with Gasteiger partial charge in [-0.1, -0.05) is 45.4 Å². The molecule has 0 spiro atoms. The Balaban J connectivity index is 1.40. The molecule has 0 aromatic heterocycles. The van der Waals surface area contributed by atoms with Crippen LogP contribution in [0.25, 0.3) is 0 Å². The summed E-state index contributed by atoms with van der Waals surface area (Å²) in [7, 11) is 0. The lowest BCUT2D eigenvalue weighted by molar-refractivity contribution is 0.141. The van der Waals surface area contributed by atoms with Crippen molar-refractivity contribution in [3.05, 3.63) is 32.9 Å². The number of aryl methyl sites for hydroxylation is 1. The van der Waals surface area contributed by atoms with Crippen molar-refractivity contribution in [1.82, 2.24) is 0 Å². The van der Waals surface area contributed by atoms with Crippen molar-refractivity contribution >= 4 is 22.6 Å². The van der Waals surface area contributed by atoms with E-state index in [1.807, 2.05) is 0 Å². The van der Waals surface area contributed by atoms with Crippen LogP contribution in [-0.2, 0) is 6.42 Å². The molecule has 0 aliphatic heterocycles. The van der Waals surface area contributed by atoms with Gasteiger partial charge in [0.25, 0.3) is 0 Å². The third kappa shape index (κ3) is 5.42. The monoisotopic (exact) mass is 474 g/mol. The molecule has 0 atom stereocenters. The smallest absolute Gasteiger partial charge is 0.139 e. The molecule has 2 aliphatic carbocycles. The minimum Gasteiger partial charge on any atom is -0.206 e. The van der Waals surface area contributed by atoms with Gasteiger partial charge in [0.1, 0.15) is 11.6 Å². The third-order valence-corrected chi connectivity index (χ3v) is 8.06. The molecule has 1 aromatic rings. The van der Waals surface area contributed by atoms with Gasteiger partial charge in [0.15, 0.2) is 0 Å². The standard InChI is InChI=1S/C23H33F2I/c1-2-3-16-6-10-19(11-7-16)20-12-8-17(9-13-20)4-5-18-14-21(24)23(26)22(25)15-18/h14-17,19-20H,2-13H2,1H3. The molecule has 0 nitrogen and oxygen atoms in total. The van der Waals surface area contributed by atoms with Crippen molar-refractivity contribution < 1.29 is 8.78 Å². The number of hydrogen-bond acceptors (Lipinski definition) is 0. The first kappa shape index (κ1) is 20.5. The second kappa shape index (κ2) is 9.84. The fourth-order valence-corrected chi connectivity index (χ4v) is 5.74. The number of benzene rings is 1. The topological polar surface area (TPSA) is 0 Å². The third-order valence-electron chi connectivity index (χ3n) is 7.03. The highest BCUT2D eigenvalue weighted by molar-refractivity contribution is 14.1. The Morgan fingerprint density at radius 2 is 1.27 bits per heavy atom. The second-order valence-electron chi connectivity index (χ2n) is 8.76. The highest BCUT2D eigenvalue weighted by Crippen LogP contribution is 2.43. The highest BCUT2D eigenvalue weighted by Gasteiger charge is 2.30. The van der Waals surface area contributed by atoms with Crippen LogP contribution in [0.3, 0.4) is 0 Å². The van der Waals surface area contributed by atoms with Gasteiger partial charge in [-0.3, -0.25) is 0 Å². The summed E-state index contributed by atoms with van der Waals surface area (Å²) in [5.74, 6) is 2.84.